The maximum atomic E-state index is 13.1. The normalized spacial score (nSPS) is 22.4. The van der Waals surface area contributed by atoms with E-state index >= 15 is 0 Å². The van der Waals surface area contributed by atoms with Crippen LogP contribution in [0.2, 0.25) is 5.02 Å². The number of carbonyl (C=O) groups is 2. The van der Waals surface area contributed by atoms with Gasteiger partial charge in [0.1, 0.15) is 6.04 Å². The van der Waals surface area contributed by atoms with Crippen molar-refractivity contribution in [2.45, 2.75) is 25.0 Å². The molecule has 2 saturated heterocycles. The maximum absolute atomic E-state index is 13.1. The monoisotopic (exact) mass is 383 g/mol. The minimum Gasteiger partial charge on any atom is -0.342 e. The van der Waals surface area contributed by atoms with Crippen LogP contribution in [0, 0.1) is 0 Å². The first-order valence-electron chi connectivity index (χ1n) is 9.13. The summed E-state index contributed by atoms with van der Waals surface area (Å²) in [6.45, 7) is 1.69. The molecule has 2 aliphatic heterocycles. The zero-order valence-corrected chi connectivity index (χ0v) is 16.0. The summed E-state index contributed by atoms with van der Waals surface area (Å²) in [5.41, 5.74) is 2.06. The fourth-order valence-electron chi connectivity index (χ4n) is 4.06. The molecule has 0 spiro atoms. The number of hydrogen-bond donors (Lipinski definition) is 0. The van der Waals surface area contributed by atoms with Crippen molar-refractivity contribution in [3.63, 3.8) is 0 Å². The van der Waals surface area contributed by atoms with E-state index in [0.717, 1.165) is 11.1 Å². The summed E-state index contributed by atoms with van der Waals surface area (Å²) < 4.78 is 0. The third kappa shape index (κ3) is 3.52. The van der Waals surface area contributed by atoms with Gasteiger partial charge in [-0.25, -0.2) is 4.79 Å². The molecule has 0 aromatic heterocycles. The smallest absolute Gasteiger partial charge is 0.321 e. The van der Waals surface area contributed by atoms with Crippen LogP contribution in [-0.4, -0.2) is 58.9 Å². The summed E-state index contributed by atoms with van der Waals surface area (Å²) >= 11 is 6.08. The van der Waals surface area contributed by atoms with Crippen molar-refractivity contribution in [3.8, 4) is 0 Å². The summed E-state index contributed by atoms with van der Waals surface area (Å²) in [4.78, 5) is 31.3. The van der Waals surface area contributed by atoms with Gasteiger partial charge in [0.05, 0.1) is 6.04 Å². The Balaban J connectivity index is 1.57. The first-order valence-corrected chi connectivity index (χ1v) is 9.51. The Kier molecular flexibility index (Phi) is 4.79. The van der Waals surface area contributed by atoms with Gasteiger partial charge in [0.2, 0.25) is 5.91 Å². The van der Waals surface area contributed by atoms with Crippen LogP contribution in [0.5, 0.6) is 0 Å². The Morgan fingerprint density at radius 1 is 1.00 bits per heavy atom. The molecule has 4 rings (SSSR count). The standard InChI is InChI=1S/C21H22ClN3O2/c1-23-13-18-14-24(12-16-8-5-9-17(22)10-16)21(27)25(18)19(20(23)26)11-15-6-3-2-4-7-15/h2-10,18-19H,11-14H2,1H3/t18-,19+/m1/s1. The van der Waals surface area contributed by atoms with Gasteiger partial charge in [0, 0.05) is 38.1 Å². The molecule has 2 aromatic rings. The van der Waals surface area contributed by atoms with Crippen LogP contribution in [0.15, 0.2) is 54.6 Å². The molecule has 0 aliphatic carbocycles. The first-order chi connectivity index (χ1) is 13.0. The highest BCUT2D eigenvalue weighted by molar-refractivity contribution is 6.30. The number of nitrogens with zero attached hydrogens (tertiary/aromatic N) is 3. The van der Waals surface area contributed by atoms with Crippen molar-refractivity contribution < 1.29 is 9.59 Å². The SMILES string of the molecule is CN1C[C@@H]2CN(Cc3cccc(Cl)c3)C(=O)N2[C@@H](Cc2ccccc2)C1=O. The molecule has 0 radical (unpaired) electrons. The van der Waals surface area contributed by atoms with E-state index in [1.807, 2.05) is 66.5 Å². The molecular weight excluding hydrogens is 362 g/mol. The summed E-state index contributed by atoms with van der Waals surface area (Å²) in [5.74, 6) is 0.00746. The van der Waals surface area contributed by atoms with Crippen LogP contribution in [-0.2, 0) is 17.8 Å². The lowest BCUT2D eigenvalue weighted by atomic mass is 9.99. The fraction of sp³-hybridized carbons (Fsp3) is 0.333. The van der Waals surface area contributed by atoms with Crippen LogP contribution in [0.25, 0.3) is 0 Å². The second-order valence-corrected chi connectivity index (χ2v) is 7.71. The van der Waals surface area contributed by atoms with Gasteiger partial charge in [-0.2, -0.15) is 0 Å². The number of halogens is 1. The van der Waals surface area contributed by atoms with E-state index < -0.39 is 6.04 Å². The minimum absolute atomic E-state index is 0.00746. The van der Waals surface area contributed by atoms with Gasteiger partial charge >= 0.3 is 6.03 Å². The van der Waals surface area contributed by atoms with E-state index in [4.69, 9.17) is 11.6 Å². The van der Waals surface area contributed by atoms with Crippen molar-refractivity contribution in [1.82, 2.24) is 14.7 Å². The lowest BCUT2D eigenvalue weighted by molar-refractivity contribution is -0.139. The lowest BCUT2D eigenvalue weighted by Gasteiger charge is -2.40. The Labute approximate surface area is 164 Å². The highest BCUT2D eigenvalue weighted by atomic mass is 35.5. The van der Waals surface area contributed by atoms with E-state index in [2.05, 4.69) is 0 Å². The predicted molar refractivity (Wildman–Crippen MR) is 104 cm³/mol. The average Bonchev–Trinajstić information content (AvgIpc) is 2.95. The first kappa shape index (κ1) is 17.9. The summed E-state index contributed by atoms with van der Waals surface area (Å²) in [5, 5.41) is 0.661. The van der Waals surface area contributed by atoms with Crippen LogP contribution < -0.4 is 0 Å². The highest BCUT2D eigenvalue weighted by Crippen LogP contribution is 2.28. The number of fused-ring (bicyclic) bond motifs is 1. The fourth-order valence-corrected chi connectivity index (χ4v) is 4.28. The number of amides is 3. The van der Waals surface area contributed by atoms with Gasteiger partial charge in [-0.15, -0.1) is 0 Å². The van der Waals surface area contributed by atoms with Gasteiger partial charge in [0.25, 0.3) is 0 Å². The van der Waals surface area contributed by atoms with E-state index in [0.29, 0.717) is 31.1 Å². The number of rotatable bonds is 4. The molecule has 2 aliphatic rings. The largest absolute Gasteiger partial charge is 0.342 e. The molecule has 2 aromatic carbocycles. The molecule has 0 saturated carbocycles. The molecule has 2 fully saturated rings. The number of hydrogen-bond acceptors (Lipinski definition) is 2. The Bertz CT molecular complexity index is 858. The molecular formula is C21H22ClN3O2. The quantitative estimate of drug-likeness (QED) is 0.814. The number of benzene rings is 2. The maximum Gasteiger partial charge on any atom is 0.321 e. The zero-order valence-electron chi connectivity index (χ0n) is 15.2. The van der Waals surface area contributed by atoms with Crippen LogP contribution >= 0.6 is 11.6 Å². The van der Waals surface area contributed by atoms with Crippen molar-refractivity contribution in [2.75, 3.05) is 20.1 Å². The molecule has 27 heavy (non-hydrogen) atoms. The zero-order chi connectivity index (χ0) is 19.0. The van der Waals surface area contributed by atoms with Crippen molar-refractivity contribution in [2.24, 2.45) is 0 Å². The summed E-state index contributed by atoms with van der Waals surface area (Å²) in [7, 11) is 1.82. The van der Waals surface area contributed by atoms with Crippen molar-refractivity contribution in [1.29, 1.82) is 0 Å². The summed E-state index contributed by atoms with van der Waals surface area (Å²) in [6, 6.07) is 16.9. The van der Waals surface area contributed by atoms with E-state index in [1.54, 1.807) is 9.80 Å². The number of urea groups is 1. The third-order valence-corrected chi connectivity index (χ3v) is 5.57. The molecule has 2 heterocycles. The van der Waals surface area contributed by atoms with Gasteiger partial charge < -0.3 is 14.7 Å². The molecule has 140 valence electrons. The van der Waals surface area contributed by atoms with Crippen molar-refractivity contribution in [3.05, 3.63) is 70.7 Å². The second-order valence-electron chi connectivity index (χ2n) is 7.28. The van der Waals surface area contributed by atoms with Crippen molar-refractivity contribution >= 4 is 23.5 Å². The van der Waals surface area contributed by atoms with Crippen LogP contribution in [0.4, 0.5) is 4.79 Å². The molecule has 0 unspecified atom stereocenters. The Hall–Kier alpha value is -2.53. The average molecular weight is 384 g/mol. The van der Waals surface area contributed by atoms with Gasteiger partial charge in [-0.3, -0.25) is 4.79 Å². The van der Waals surface area contributed by atoms with Gasteiger partial charge in [-0.05, 0) is 23.3 Å². The number of carbonyl (C=O) groups excluding carboxylic acids is 2. The molecule has 0 N–H and O–H groups in total. The Morgan fingerprint density at radius 3 is 2.48 bits per heavy atom. The van der Waals surface area contributed by atoms with E-state index in [9.17, 15) is 9.59 Å². The third-order valence-electron chi connectivity index (χ3n) is 5.33. The molecule has 3 amide bonds. The summed E-state index contributed by atoms with van der Waals surface area (Å²) in [6.07, 6.45) is 0.539. The number of likely N-dealkylation sites (N-methyl/N-ethyl adjacent to an activating group) is 1. The van der Waals surface area contributed by atoms with E-state index in [-0.39, 0.29) is 18.0 Å². The number of piperazine rings is 1. The second kappa shape index (κ2) is 7.24. The Morgan fingerprint density at radius 2 is 1.74 bits per heavy atom. The van der Waals surface area contributed by atoms with Crippen LogP contribution in [0.3, 0.4) is 0 Å². The van der Waals surface area contributed by atoms with Gasteiger partial charge in [-0.1, -0.05) is 54.1 Å². The predicted octanol–water partition coefficient (Wildman–Crippen LogP) is 3.03. The molecule has 2 atom stereocenters. The van der Waals surface area contributed by atoms with Gasteiger partial charge in [0.15, 0.2) is 0 Å². The molecule has 6 heteroatoms. The molecule has 5 nitrogen and oxygen atoms in total. The highest BCUT2D eigenvalue weighted by Gasteiger charge is 2.48. The topological polar surface area (TPSA) is 43.9 Å². The van der Waals surface area contributed by atoms with Crippen LogP contribution in [0.1, 0.15) is 11.1 Å². The molecule has 0 bridgehead atoms. The minimum atomic E-state index is -0.451. The van der Waals surface area contributed by atoms with E-state index in [1.165, 1.54) is 0 Å². The lowest BCUT2D eigenvalue weighted by Crippen LogP contribution is -2.60.